The monoisotopic (exact) mass is 424 g/mol. The molecule has 3 aromatic rings. The van der Waals surface area contributed by atoms with E-state index in [4.69, 9.17) is 0 Å². The van der Waals surface area contributed by atoms with Crippen molar-refractivity contribution >= 4 is 15.7 Å². The number of nitrogens with zero attached hydrogens (tertiary/aromatic N) is 3. The van der Waals surface area contributed by atoms with Gasteiger partial charge in [-0.05, 0) is 67.1 Å². The lowest BCUT2D eigenvalue weighted by molar-refractivity contribution is 0.601. The maximum atomic E-state index is 12.8. The number of hydrogen-bond acceptors (Lipinski definition) is 4. The van der Waals surface area contributed by atoms with E-state index < -0.39 is 10.0 Å². The van der Waals surface area contributed by atoms with Crippen molar-refractivity contribution < 1.29 is 8.42 Å². The fourth-order valence-electron chi connectivity index (χ4n) is 3.81. The second-order valence-corrected chi connectivity index (χ2v) is 9.65. The third kappa shape index (κ3) is 4.26. The van der Waals surface area contributed by atoms with Crippen LogP contribution in [0.15, 0.2) is 53.4 Å². The highest BCUT2D eigenvalue weighted by molar-refractivity contribution is 7.92. The molecule has 1 aliphatic heterocycles. The Labute approximate surface area is 178 Å². The van der Waals surface area contributed by atoms with Gasteiger partial charge in [0.25, 0.3) is 10.0 Å². The number of aromatic nitrogens is 3. The Balaban J connectivity index is 1.51. The fraction of sp³-hybridized carbons (Fsp3) is 0.391. The first-order valence-corrected chi connectivity index (χ1v) is 12.1. The quantitative estimate of drug-likeness (QED) is 0.605. The number of anilines is 1. The lowest BCUT2D eigenvalue weighted by atomic mass is 9.99. The molecule has 1 aliphatic rings. The van der Waals surface area contributed by atoms with Crippen molar-refractivity contribution in [1.82, 2.24) is 14.8 Å². The van der Waals surface area contributed by atoms with Crippen LogP contribution in [0.1, 0.15) is 56.8 Å². The summed E-state index contributed by atoms with van der Waals surface area (Å²) in [5.41, 5.74) is 2.62. The van der Waals surface area contributed by atoms with Crippen molar-refractivity contribution in [2.45, 2.75) is 63.3 Å². The molecule has 1 atom stereocenters. The summed E-state index contributed by atoms with van der Waals surface area (Å²) in [6, 6.07) is 14.5. The number of rotatable bonds is 6. The smallest absolute Gasteiger partial charge is 0.261 e. The molecule has 2 heterocycles. The van der Waals surface area contributed by atoms with Crippen LogP contribution in [-0.2, 0) is 23.0 Å². The first-order valence-electron chi connectivity index (χ1n) is 10.6. The zero-order valence-electron chi connectivity index (χ0n) is 17.5. The summed E-state index contributed by atoms with van der Waals surface area (Å²) in [5.74, 6) is 2.30. The van der Waals surface area contributed by atoms with Crippen LogP contribution < -0.4 is 4.72 Å². The Kier molecular flexibility index (Phi) is 5.90. The number of hydrogen-bond donors (Lipinski definition) is 1. The molecular weight excluding hydrogens is 396 g/mol. The number of aryl methyl sites for hydroxylation is 1. The number of fused-ring (bicyclic) bond motifs is 1. The average molecular weight is 425 g/mol. The fourth-order valence-corrected chi connectivity index (χ4v) is 4.87. The summed E-state index contributed by atoms with van der Waals surface area (Å²) in [6.45, 7) is 5.19. The highest BCUT2D eigenvalue weighted by atomic mass is 32.2. The third-order valence-electron chi connectivity index (χ3n) is 5.88. The standard InChI is InChI=1S/C23H28N4O2S/c1-3-17(2)18-10-14-21(15-11-18)30(28,29)26-20-12-8-19(9-13-20)23-25-24-22-7-5-4-6-16-27(22)23/h8-15,17,26H,3-7,16H2,1-2H3. The molecule has 0 aliphatic carbocycles. The second-order valence-electron chi connectivity index (χ2n) is 7.96. The van der Waals surface area contributed by atoms with Gasteiger partial charge in [-0.1, -0.05) is 32.4 Å². The molecule has 7 heteroatoms. The maximum Gasteiger partial charge on any atom is 0.261 e. The molecule has 158 valence electrons. The predicted molar refractivity (Wildman–Crippen MR) is 119 cm³/mol. The summed E-state index contributed by atoms with van der Waals surface area (Å²) >= 11 is 0. The van der Waals surface area contributed by atoms with E-state index in [0.717, 1.165) is 55.0 Å². The van der Waals surface area contributed by atoms with Gasteiger partial charge in [-0.15, -0.1) is 10.2 Å². The van der Waals surface area contributed by atoms with Gasteiger partial charge in [-0.3, -0.25) is 4.72 Å². The van der Waals surface area contributed by atoms with Crippen LogP contribution in [-0.4, -0.2) is 23.2 Å². The Morgan fingerprint density at radius 2 is 1.73 bits per heavy atom. The van der Waals surface area contributed by atoms with E-state index in [1.54, 1.807) is 24.3 Å². The van der Waals surface area contributed by atoms with Crippen LogP contribution in [0.25, 0.3) is 11.4 Å². The minimum Gasteiger partial charge on any atom is -0.311 e. The van der Waals surface area contributed by atoms with Crippen molar-refractivity contribution in [2.75, 3.05) is 4.72 Å². The van der Waals surface area contributed by atoms with Crippen molar-refractivity contribution in [2.24, 2.45) is 0 Å². The Morgan fingerprint density at radius 3 is 2.43 bits per heavy atom. The zero-order valence-corrected chi connectivity index (χ0v) is 18.3. The number of nitrogens with one attached hydrogen (secondary N) is 1. The van der Waals surface area contributed by atoms with Gasteiger partial charge in [0.15, 0.2) is 5.82 Å². The molecule has 0 bridgehead atoms. The Hall–Kier alpha value is -2.67. The molecule has 1 unspecified atom stereocenters. The van der Waals surface area contributed by atoms with Crippen molar-refractivity contribution in [3.63, 3.8) is 0 Å². The lowest BCUT2D eigenvalue weighted by Gasteiger charge is -2.12. The number of sulfonamides is 1. The normalized spacial score (nSPS) is 15.3. The maximum absolute atomic E-state index is 12.8. The van der Waals surface area contributed by atoms with E-state index in [9.17, 15) is 8.42 Å². The Morgan fingerprint density at radius 1 is 1.00 bits per heavy atom. The van der Waals surface area contributed by atoms with Crippen LogP contribution in [0.3, 0.4) is 0 Å². The molecule has 0 saturated heterocycles. The van der Waals surface area contributed by atoms with Crippen molar-refractivity contribution in [3.05, 3.63) is 59.9 Å². The summed E-state index contributed by atoms with van der Waals surface area (Å²) in [4.78, 5) is 0.265. The Bertz CT molecular complexity index is 1100. The first-order chi connectivity index (χ1) is 14.5. The highest BCUT2D eigenvalue weighted by Gasteiger charge is 2.17. The molecular formula is C23H28N4O2S. The highest BCUT2D eigenvalue weighted by Crippen LogP contribution is 2.26. The van der Waals surface area contributed by atoms with Gasteiger partial charge >= 0.3 is 0 Å². The van der Waals surface area contributed by atoms with E-state index >= 15 is 0 Å². The van der Waals surface area contributed by atoms with Crippen LogP contribution in [0.4, 0.5) is 5.69 Å². The molecule has 0 amide bonds. The van der Waals surface area contributed by atoms with Crippen LogP contribution >= 0.6 is 0 Å². The van der Waals surface area contributed by atoms with Crippen molar-refractivity contribution in [3.8, 4) is 11.4 Å². The molecule has 0 fully saturated rings. The van der Waals surface area contributed by atoms with Gasteiger partial charge in [0.2, 0.25) is 0 Å². The van der Waals surface area contributed by atoms with Gasteiger partial charge < -0.3 is 4.57 Å². The predicted octanol–water partition coefficient (Wildman–Crippen LogP) is 4.99. The van der Waals surface area contributed by atoms with Gasteiger partial charge in [0.05, 0.1) is 4.90 Å². The largest absolute Gasteiger partial charge is 0.311 e. The van der Waals surface area contributed by atoms with E-state index in [0.29, 0.717) is 11.6 Å². The molecule has 2 aromatic carbocycles. The minimum absolute atomic E-state index is 0.265. The van der Waals surface area contributed by atoms with Gasteiger partial charge in [-0.25, -0.2) is 8.42 Å². The molecule has 0 spiro atoms. The minimum atomic E-state index is -3.63. The van der Waals surface area contributed by atoms with E-state index in [-0.39, 0.29) is 4.90 Å². The van der Waals surface area contributed by atoms with E-state index in [2.05, 4.69) is 33.3 Å². The summed E-state index contributed by atoms with van der Waals surface area (Å²) in [5, 5.41) is 8.71. The molecule has 0 radical (unpaired) electrons. The zero-order chi connectivity index (χ0) is 21.1. The summed E-state index contributed by atoms with van der Waals surface area (Å²) in [6.07, 6.45) is 5.47. The average Bonchev–Trinajstić information content (AvgIpc) is 3.01. The second kappa shape index (κ2) is 8.60. The SMILES string of the molecule is CCC(C)c1ccc(S(=O)(=O)Nc2ccc(-c3nnc4n3CCCCC4)cc2)cc1. The molecule has 1 N–H and O–H groups in total. The van der Waals surface area contributed by atoms with Crippen LogP contribution in [0, 0.1) is 0 Å². The lowest BCUT2D eigenvalue weighted by Crippen LogP contribution is -2.13. The number of benzene rings is 2. The molecule has 6 nitrogen and oxygen atoms in total. The van der Waals surface area contributed by atoms with Gasteiger partial charge in [-0.2, -0.15) is 0 Å². The third-order valence-corrected chi connectivity index (χ3v) is 7.27. The molecule has 4 rings (SSSR count). The van der Waals surface area contributed by atoms with E-state index in [1.165, 1.54) is 6.42 Å². The van der Waals surface area contributed by atoms with Gasteiger partial charge in [0, 0.05) is 24.2 Å². The van der Waals surface area contributed by atoms with Crippen LogP contribution in [0.2, 0.25) is 0 Å². The topological polar surface area (TPSA) is 76.9 Å². The van der Waals surface area contributed by atoms with Crippen molar-refractivity contribution in [1.29, 1.82) is 0 Å². The molecule has 1 aromatic heterocycles. The summed E-state index contributed by atoms with van der Waals surface area (Å²) in [7, 11) is -3.63. The summed E-state index contributed by atoms with van der Waals surface area (Å²) < 4.78 is 30.4. The van der Waals surface area contributed by atoms with Gasteiger partial charge in [0.1, 0.15) is 5.82 Å². The van der Waals surface area contributed by atoms with E-state index in [1.807, 2.05) is 24.3 Å². The molecule has 0 saturated carbocycles. The molecule has 30 heavy (non-hydrogen) atoms. The first kappa shape index (κ1) is 20.6. The van der Waals surface area contributed by atoms with Crippen LogP contribution in [0.5, 0.6) is 0 Å².